The fraction of sp³-hybridized carbons (Fsp3) is 0.789. The number of nitrogens with one attached hydrogen (secondary N) is 3. The highest BCUT2D eigenvalue weighted by atomic mass is 32.2. The van der Waals surface area contributed by atoms with Gasteiger partial charge in [-0.2, -0.15) is 11.8 Å². The van der Waals surface area contributed by atoms with Gasteiger partial charge in [0.2, 0.25) is 17.7 Å². The van der Waals surface area contributed by atoms with E-state index in [4.69, 9.17) is 15.9 Å². The molecular formula is C19H36N4O6S. The van der Waals surface area contributed by atoms with Gasteiger partial charge < -0.3 is 31.9 Å². The predicted molar refractivity (Wildman–Crippen MR) is 116 cm³/mol. The predicted octanol–water partition coefficient (Wildman–Crippen LogP) is -0.700. The number of amides is 3. The minimum atomic E-state index is -1.47. The lowest BCUT2D eigenvalue weighted by molar-refractivity contribution is -0.143. The van der Waals surface area contributed by atoms with Crippen molar-refractivity contribution in [1.82, 2.24) is 16.0 Å². The van der Waals surface area contributed by atoms with Gasteiger partial charge in [0.15, 0.2) is 0 Å². The number of carbonyl (C=O) groups excluding carboxylic acids is 3. The number of carboxylic acids is 1. The van der Waals surface area contributed by atoms with Gasteiger partial charge in [-0.25, -0.2) is 4.79 Å². The molecule has 0 aromatic rings. The molecule has 0 saturated heterocycles. The number of carbonyl (C=O) groups is 4. The molecule has 0 aliphatic heterocycles. The maximum Gasteiger partial charge on any atom is 0.328 e. The second-order valence-electron chi connectivity index (χ2n) is 7.89. The highest BCUT2D eigenvalue weighted by Crippen LogP contribution is 2.09. The third-order valence-corrected chi connectivity index (χ3v) is 5.00. The summed E-state index contributed by atoms with van der Waals surface area (Å²) < 4.78 is 0. The molecule has 0 rings (SSSR count). The van der Waals surface area contributed by atoms with E-state index in [-0.39, 0.29) is 18.3 Å². The number of thioether (sulfide) groups is 1. The van der Waals surface area contributed by atoms with E-state index < -0.39 is 54.5 Å². The number of aliphatic hydroxyl groups excluding tert-OH is 1. The van der Waals surface area contributed by atoms with E-state index in [0.717, 1.165) is 0 Å². The number of nitrogens with two attached hydrogens (primary N) is 1. The lowest BCUT2D eigenvalue weighted by Gasteiger charge is -2.27. The van der Waals surface area contributed by atoms with Crippen LogP contribution in [-0.4, -0.2) is 76.7 Å². The number of rotatable bonds is 14. The van der Waals surface area contributed by atoms with Gasteiger partial charge in [-0.15, -0.1) is 0 Å². The Morgan fingerprint density at radius 1 is 0.933 bits per heavy atom. The summed E-state index contributed by atoms with van der Waals surface area (Å²) in [5.41, 5.74) is 5.87. The van der Waals surface area contributed by atoms with Gasteiger partial charge in [0.1, 0.15) is 18.1 Å². The van der Waals surface area contributed by atoms with Crippen LogP contribution < -0.4 is 21.7 Å². The number of aliphatic carboxylic acids is 1. The molecule has 10 nitrogen and oxygen atoms in total. The zero-order valence-corrected chi connectivity index (χ0v) is 19.1. The number of aliphatic hydroxyl groups is 1. The summed E-state index contributed by atoms with van der Waals surface area (Å²) in [4.78, 5) is 48.7. The zero-order chi connectivity index (χ0) is 23.4. The van der Waals surface area contributed by atoms with E-state index in [1.165, 1.54) is 0 Å². The van der Waals surface area contributed by atoms with Crippen molar-refractivity contribution in [2.24, 2.45) is 17.6 Å². The van der Waals surface area contributed by atoms with Crippen molar-refractivity contribution in [3.8, 4) is 0 Å². The molecule has 0 aromatic heterocycles. The second kappa shape index (κ2) is 14.2. The number of hydrogen-bond acceptors (Lipinski definition) is 7. The Bertz CT molecular complexity index is 587. The molecule has 0 spiro atoms. The number of carboxylic acid groups (broad SMARTS) is 1. The van der Waals surface area contributed by atoms with Crippen LogP contribution in [0.5, 0.6) is 0 Å². The molecule has 0 aliphatic rings. The van der Waals surface area contributed by atoms with Crippen molar-refractivity contribution < 1.29 is 29.4 Å². The van der Waals surface area contributed by atoms with Crippen molar-refractivity contribution in [1.29, 1.82) is 0 Å². The molecule has 0 fully saturated rings. The average Bonchev–Trinajstić information content (AvgIpc) is 2.66. The van der Waals surface area contributed by atoms with E-state index >= 15 is 0 Å². The second-order valence-corrected chi connectivity index (χ2v) is 8.88. The normalized spacial score (nSPS) is 15.2. The summed E-state index contributed by atoms with van der Waals surface area (Å²) in [6.45, 7) is 6.42. The Labute approximate surface area is 182 Å². The topological polar surface area (TPSA) is 171 Å². The smallest absolute Gasteiger partial charge is 0.328 e. The van der Waals surface area contributed by atoms with E-state index in [1.54, 1.807) is 25.6 Å². The largest absolute Gasteiger partial charge is 0.480 e. The highest BCUT2D eigenvalue weighted by Gasteiger charge is 2.31. The molecule has 0 saturated carbocycles. The summed E-state index contributed by atoms with van der Waals surface area (Å²) in [5, 5.41) is 25.6. The van der Waals surface area contributed by atoms with Gasteiger partial charge in [-0.1, -0.05) is 27.7 Å². The van der Waals surface area contributed by atoms with Crippen LogP contribution in [0.4, 0.5) is 0 Å². The van der Waals surface area contributed by atoms with Gasteiger partial charge >= 0.3 is 5.97 Å². The van der Waals surface area contributed by atoms with E-state index in [2.05, 4.69) is 16.0 Å². The maximum absolute atomic E-state index is 12.8. The Kier molecular flexibility index (Phi) is 13.3. The summed E-state index contributed by atoms with van der Waals surface area (Å²) in [7, 11) is 0. The minimum Gasteiger partial charge on any atom is -0.480 e. The lowest BCUT2D eigenvalue weighted by Crippen LogP contribution is -2.58. The van der Waals surface area contributed by atoms with Crippen molar-refractivity contribution in [3.05, 3.63) is 0 Å². The van der Waals surface area contributed by atoms with E-state index in [0.29, 0.717) is 12.2 Å². The first-order valence-corrected chi connectivity index (χ1v) is 11.3. The first kappa shape index (κ1) is 28.1. The quantitative estimate of drug-likeness (QED) is 0.202. The van der Waals surface area contributed by atoms with E-state index in [9.17, 15) is 19.2 Å². The van der Waals surface area contributed by atoms with Crippen molar-refractivity contribution in [2.75, 3.05) is 18.6 Å². The van der Waals surface area contributed by atoms with Gasteiger partial charge in [-0.05, 0) is 36.7 Å². The maximum atomic E-state index is 12.8. The van der Waals surface area contributed by atoms with Crippen LogP contribution >= 0.6 is 11.8 Å². The molecule has 3 amide bonds. The molecule has 0 heterocycles. The van der Waals surface area contributed by atoms with Gasteiger partial charge in [-0.3, -0.25) is 14.4 Å². The monoisotopic (exact) mass is 448 g/mol. The molecule has 0 aromatic carbocycles. The Balaban J connectivity index is 5.28. The summed E-state index contributed by atoms with van der Waals surface area (Å²) in [6, 6.07) is -4.15. The Morgan fingerprint density at radius 2 is 1.50 bits per heavy atom. The van der Waals surface area contributed by atoms with Crippen LogP contribution in [0, 0.1) is 11.8 Å². The van der Waals surface area contributed by atoms with Crippen LogP contribution in [0.1, 0.15) is 40.5 Å². The summed E-state index contributed by atoms with van der Waals surface area (Å²) in [5.74, 6) is -2.66. The third kappa shape index (κ3) is 10.3. The highest BCUT2D eigenvalue weighted by molar-refractivity contribution is 7.98. The first-order chi connectivity index (χ1) is 13.9. The molecule has 7 N–H and O–H groups in total. The molecule has 30 heavy (non-hydrogen) atoms. The lowest BCUT2D eigenvalue weighted by atomic mass is 9.99. The molecule has 0 aliphatic carbocycles. The van der Waals surface area contributed by atoms with Gasteiger partial charge in [0.05, 0.1) is 12.6 Å². The fourth-order valence-electron chi connectivity index (χ4n) is 2.59. The Morgan fingerprint density at radius 3 is 1.93 bits per heavy atom. The van der Waals surface area contributed by atoms with E-state index in [1.807, 2.05) is 20.1 Å². The minimum absolute atomic E-state index is 0.0190. The molecular weight excluding hydrogens is 412 g/mol. The zero-order valence-electron chi connectivity index (χ0n) is 18.3. The van der Waals surface area contributed by atoms with Crippen molar-refractivity contribution in [3.63, 3.8) is 0 Å². The summed E-state index contributed by atoms with van der Waals surface area (Å²) >= 11 is 1.56. The SMILES string of the molecule is CSCCC(N)C(=O)NC(C(=O)NC(CC(C)C)C(=O)NC(CO)C(=O)O)C(C)C. The molecule has 0 bridgehead atoms. The average molecular weight is 449 g/mol. The molecule has 11 heteroatoms. The third-order valence-electron chi connectivity index (χ3n) is 4.35. The van der Waals surface area contributed by atoms with Crippen molar-refractivity contribution in [2.45, 2.75) is 64.7 Å². The van der Waals surface area contributed by atoms with Crippen LogP contribution in [0.2, 0.25) is 0 Å². The molecule has 4 unspecified atom stereocenters. The molecule has 174 valence electrons. The fourth-order valence-corrected chi connectivity index (χ4v) is 3.08. The Hall–Kier alpha value is -1.85. The molecule has 0 radical (unpaired) electrons. The molecule has 4 atom stereocenters. The van der Waals surface area contributed by atoms with Crippen LogP contribution in [0.3, 0.4) is 0 Å². The van der Waals surface area contributed by atoms with Crippen LogP contribution in [0.25, 0.3) is 0 Å². The van der Waals surface area contributed by atoms with Crippen LogP contribution in [-0.2, 0) is 19.2 Å². The number of hydrogen-bond donors (Lipinski definition) is 6. The standard InChI is InChI=1S/C19H36N4O6S/c1-10(2)8-13(17(26)22-14(9-24)19(28)29)21-18(27)15(11(3)4)23-16(25)12(20)6-7-30-5/h10-15,24H,6-9,20H2,1-5H3,(H,21,27)(H,22,26)(H,23,25)(H,28,29). The van der Waals surface area contributed by atoms with Crippen LogP contribution in [0.15, 0.2) is 0 Å². The van der Waals surface area contributed by atoms with Gasteiger partial charge in [0, 0.05) is 0 Å². The summed E-state index contributed by atoms with van der Waals surface area (Å²) in [6.07, 6.45) is 2.62. The van der Waals surface area contributed by atoms with Gasteiger partial charge in [0.25, 0.3) is 0 Å². The van der Waals surface area contributed by atoms with Crippen molar-refractivity contribution >= 4 is 35.5 Å². The first-order valence-electron chi connectivity index (χ1n) is 9.93.